The Morgan fingerprint density at radius 2 is 1.78 bits per heavy atom. The fraction of sp³-hybridized carbons (Fsp3) is 0.516. The number of benzene rings is 2. The molecule has 0 aromatic heterocycles. The SMILES string of the molecule is Cc1ccc(N2CCC(NCCN3CCN(C(C)C)CC3)CC2)cc1C1=Cc2cc(C#N)ccc2C1. The Morgan fingerprint density at radius 1 is 1.00 bits per heavy atom. The van der Waals surface area contributed by atoms with Crippen molar-refractivity contribution in [2.75, 3.05) is 57.3 Å². The predicted molar refractivity (Wildman–Crippen MR) is 150 cm³/mol. The molecule has 3 aliphatic rings. The van der Waals surface area contributed by atoms with Crippen LogP contribution in [-0.2, 0) is 6.42 Å². The van der Waals surface area contributed by atoms with E-state index in [4.69, 9.17) is 0 Å². The number of nitriles is 1. The molecule has 0 spiro atoms. The summed E-state index contributed by atoms with van der Waals surface area (Å²) in [5, 5.41) is 13.1. The predicted octanol–water partition coefficient (Wildman–Crippen LogP) is 4.55. The van der Waals surface area contributed by atoms with Crippen LogP contribution in [0.15, 0.2) is 36.4 Å². The summed E-state index contributed by atoms with van der Waals surface area (Å²) in [5.74, 6) is 0. The number of hydrogen-bond acceptors (Lipinski definition) is 5. The van der Waals surface area contributed by atoms with Crippen molar-refractivity contribution in [3.05, 3.63) is 64.2 Å². The van der Waals surface area contributed by atoms with Gasteiger partial charge in [0.1, 0.15) is 0 Å². The van der Waals surface area contributed by atoms with Crippen molar-refractivity contribution in [3.8, 4) is 6.07 Å². The standard InChI is InChI=1S/C31H41N5/c1-23(2)35-16-14-34(15-17-35)13-10-33-29-8-11-36(12-9-29)30-7-4-24(3)31(21-30)28-19-26-6-5-25(22-32)18-27(26)20-28/h4-7,18,20-21,23,29,33H,8-17,19H2,1-3H3. The highest BCUT2D eigenvalue weighted by molar-refractivity contribution is 5.90. The lowest BCUT2D eigenvalue weighted by Gasteiger charge is -2.38. The number of rotatable bonds is 7. The average Bonchev–Trinajstić information content (AvgIpc) is 3.33. The maximum Gasteiger partial charge on any atom is 0.0991 e. The first-order valence-corrected chi connectivity index (χ1v) is 13.8. The number of hydrogen-bond donors (Lipinski definition) is 1. The Hall–Kier alpha value is -2.65. The summed E-state index contributed by atoms with van der Waals surface area (Å²) in [6, 6.07) is 16.6. The van der Waals surface area contributed by atoms with Gasteiger partial charge in [0.15, 0.2) is 0 Å². The van der Waals surface area contributed by atoms with Crippen molar-refractivity contribution >= 4 is 17.3 Å². The van der Waals surface area contributed by atoms with Crippen LogP contribution in [0, 0.1) is 18.3 Å². The molecule has 2 aliphatic heterocycles. The van der Waals surface area contributed by atoms with Gasteiger partial charge in [-0.05, 0) is 92.1 Å². The molecule has 5 rings (SSSR count). The Bertz CT molecular complexity index is 1130. The molecule has 2 saturated heterocycles. The maximum absolute atomic E-state index is 9.24. The van der Waals surface area contributed by atoms with Gasteiger partial charge in [0.2, 0.25) is 0 Å². The zero-order chi connectivity index (χ0) is 25.1. The molecule has 0 amide bonds. The van der Waals surface area contributed by atoms with Crippen LogP contribution in [0.25, 0.3) is 11.6 Å². The van der Waals surface area contributed by atoms with E-state index in [9.17, 15) is 5.26 Å². The van der Waals surface area contributed by atoms with Crippen LogP contribution in [0.3, 0.4) is 0 Å². The minimum absolute atomic E-state index is 0.629. The molecule has 190 valence electrons. The Morgan fingerprint density at radius 3 is 2.50 bits per heavy atom. The van der Waals surface area contributed by atoms with E-state index in [1.807, 2.05) is 12.1 Å². The van der Waals surface area contributed by atoms with Crippen LogP contribution in [0.2, 0.25) is 0 Å². The molecule has 2 heterocycles. The number of fused-ring (bicyclic) bond motifs is 1. The van der Waals surface area contributed by atoms with Crippen molar-refractivity contribution in [1.29, 1.82) is 5.26 Å². The Labute approximate surface area is 217 Å². The van der Waals surface area contributed by atoms with Crippen molar-refractivity contribution in [3.63, 3.8) is 0 Å². The summed E-state index contributed by atoms with van der Waals surface area (Å²) >= 11 is 0. The second-order valence-corrected chi connectivity index (χ2v) is 11.1. The van der Waals surface area contributed by atoms with Crippen LogP contribution in [0.5, 0.6) is 0 Å². The maximum atomic E-state index is 9.24. The Kier molecular flexibility index (Phi) is 7.76. The largest absolute Gasteiger partial charge is 0.371 e. The molecule has 0 atom stereocenters. The number of piperidine rings is 1. The topological polar surface area (TPSA) is 45.5 Å². The normalized spacial score (nSPS) is 19.4. The molecule has 0 radical (unpaired) electrons. The number of aryl methyl sites for hydroxylation is 1. The second-order valence-electron chi connectivity index (χ2n) is 11.1. The Balaban J connectivity index is 1.12. The van der Waals surface area contributed by atoms with E-state index < -0.39 is 0 Å². The first-order chi connectivity index (χ1) is 17.5. The molecular formula is C31H41N5. The molecule has 0 saturated carbocycles. The van der Waals surface area contributed by atoms with Crippen molar-refractivity contribution in [1.82, 2.24) is 15.1 Å². The van der Waals surface area contributed by atoms with Crippen molar-refractivity contribution in [2.24, 2.45) is 0 Å². The van der Waals surface area contributed by atoms with Gasteiger partial charge in [0.05, 0.1) is 11.6 Å². The first-order valence-electron chi connectivity index (χ1n) is 13.8. The summed E-state index contributed by atoms with van der Waals surface area (Å²) in [7, 11) is 0. The van der Waals surface area contributed by atoms with Crippen molar-refractivity contribution in [2.45, 2.75) is 52.1 Å². The van der Waals surface area contributed by atoms with Gasteiger partial charge in [0, 0.05) is 70.1 Å². The summed E-state index contributed by atoms with van der Waals surface area (Å²) in [6.07, 6.45) is 5.63. The highest BCUT2D eigenvalue weighted by atomic mass is 15.3. The van der Waals surface area contributed by atoms with E-state index in [1.54, 1.807) is 0 Å². The van der Waals surface area contributed by atoms with Crippen LogP contribution in [0.4, 0.5) is 5.69 Å². The molecule has 5 heteroatoms. The second kappa shape index (κ2) is 11.2. The number of nitrogens with one attached hydrogen (secondary N) is 1. The van der Waals surface area contributed by atoms with Gasteiger partial charge in [-0.15, -0.1) is 0 Å². The third kappa shape index (κ3) is 5.67. The van der Waals surface area contributed by atoms with E-state index in [0.29, 0.717) is 12.1 Å². The summed E-state index contributed by atoms with van der Waals surface area (Å²) in [6.45, 7) is 16.1. The fourth-order valence-electron chi connectivity index (χ4n) is 6.00. The summed E-state index contributed by atoms with van der Waals surface area (Å²) in [5.41, 5.74) is 8.63. The highest BCUT2D eigenvalue weighted by Crippen LogP contribution is 2.35. The van der Waals surface area contributed by atoms with E-state index in [-0.39, 0.29) is 0 Å². The molecule has 5 nitrogen and oxygen atoms in total. The zero-order valence-electron chi connectivity index (χ0n) is 22.3. The van der Waals surface area contributed by atoms with E-state index in [1.165, 1.54) is 79.1 Å². The van der Waals surface area contributed by atoms with Gasteiger partial charge in [-0.3, -0.25) is 9.80 Å². The van der Waals surface area contributed by atoms with Crippen LogP contribution >= 0.6 is 0 Å². The average molecular weight is 484 g/mol. The molecule has 2 aromatic carbocycles. The number of allylic oxidation sites excluding steroid dienone is 1. The zero-order valence-corrected chi connectivity index (χ0v) is 22.3. The summed E-state index contributed by atoms with van der Waals surface area (Å²) in [4.78, 5) is 7.76. The fourth-order valence-corrected chi connectivity index (χ4v) is 6.00. The third-order valence-corrected chi connectivity index (χ3v) is 8.41. The smallest absolute Gasteiger partial charge is 0.0991 e. The molecule has 0 bridgehead atoms. The number of anilines is 1. The minimum atomic E-state index is 0.629. The molecule has 36 heavy (non-hydrogen) atoms. The third-order valence-electron chi connectivity index (χ3n) is 8.41. The van der Waals surface area contributed by atoms with Crippen LogP contribution < -0.4 is 10.2 Å². The first kappa shape index (κ1) is 25.0. The van der Waals surface area contributed by atoms with Crippen LogP contribution in [-0.4, -0.2) is 74.2 Å². The molecule has 2 aromatic rings. The lowest BCUT2D eigenvalue weighted by molar-refractivity contribution is 0.108. The quantitative estimate of drug-likeness (QED) is 0.626. The highest BCUT2D eigenvalue weighted by Gasteiger charge is 2.22. The lowest BCUT2D eigenvalue weighted by Crippen LogP contribution is -2.51. The molecular weight excluding hydrogens is 442 g/mol. The lowest BCUT2D eigenvalue weighted by atomic mass is 9.97. The summed E-state index contributed by atoms with van der Waals surface area (Å²) < 4.78 is 0. The number of nitrogens with zero attached hydrogens (tertiary/aromatic N) is 4. The van der Waals surface area contributed by atoms with E-state index in [2.05, 4.69) is 77.2 Å². The van der Waals surface area contributed by atoms with Crippen molar-refractivity contribution < 1.29 is 0 Å². The van der Waals surface area contributed by atoms with Gasteiger partial charge in [-0.1, -0.05) is 18.2 Å². The van der Waals surface area contributed by atoms with E-state index >= 15 is 0 Å². The molecule has 2 fully saturated rings. The van der Waals surface area contributed by atoms with Gasteiger partial charge < -0.3 is 10.2 Å². The molecule has 1 N–H and O–H groups in total. The number of piperazine rings is 1. The van der Waals surface area contributed by atoms with Gasteiger partial charge in [-0.2, -0.15) is 5.26 Å². The van der Waals surface area contributed by atoms with Gasteiger partial charge in [0.25, 0.3) is 0 Å². The van der Waals surface area contributed by atoms with Crippen LogP contribution in [0.1, 0.15) is 54.5 Å². The molecule has 0 unspecified atom stereocenters. The van der Waals surface area contributed by atoms with Gasteiger partial charge in [-0.25, -0.2) is 0 Å². The molecule has 1 aliphatic carbocycles. The minimum Gasteiger partial charge on any atom is -0.371 e. The monoisotopic (exact) mass is 483 g/mol. The van der Waals surface area contributed by atoms with E-state index in [0.717, 1.165) is 31.6 Å². The van der Waals surface area contributed by atoms with Gasteiger partial charge >= 0.3 is 0 Å².